The number of hydrogen-bond acceptors (Lipinski definition) is 3. The molecule has 0 unspecified atom stereocenters. The lowest BCUT2D eigenvalue weighted by molar-refractivity contribution is -0.132. The van der Waals surface area contributed by atoms with E-state index in [-0.39, 0.29) is 5.91 Å². The average Bonchev–Trinajstić information content (AvgIpc) is 2.60. The molecule has 5 heteroatoms. The Labute approximate surface area is 93.0 Å². The molecule has 0 saturated heterocycles. The van der Waals surface area contributed by atoms with Crippen molar-refractivity contribution in [2.45, 2.75) is 13.5 Å². The lowest BCUT2D eigenvalue weighted by Gasteiger charge is -2.14. The Bertz CT molecular complexity index is 419. The molecule has 0 aliphatic heterocycles. The summed E-state index contributed by atoms with van der Waals surface area (Å²) in [4.78, 5) is 23.1. The molecule has 0 fully saturated rings. The van der Waals surface area contributed by atoms with E-state index in [9.17, 15) is 9.59 Å². The molecule has 86 valence electrons. The molecule has 0 aliphatic rings. The third kappa shape index (κ3) is 3.27. The van der Waals surface area contributed by atoms with E-state index in [1.807, 2.05) is 0 Å². The first-order valence-electron chi connectivity index (χ1n) is 4.69. The zero-order valence-electron chi connectivity index (χ0n) is 9.14. The Morgan fingerprint density at radius 3 is 2.69 bits per heavy atom. The van der Waals surface area contributed by atoms with Gasteiger partial charge in [0.1, 0.15) is 5.76 Å². The van der Waals surface area contributed by atoms with Gasteiger partial charge in [-0.1, -0.05) is 0 Å². The highest BCUT2D eigenvalue weighted by Gasteiger charge is 2.09. The number of aryl methyl sites for hydroxylation is 1. The molecular formula is C11H13NO4. The average molecular weight is 223 g/mol. The van der Waals surface area contributed by atoms with Crippen LogP contribution >= 0.6 is 0 Å². The SMILES string of the molecule is Cc1occc1CN(C)C(=O)/C=C/C(=O)O. The van der Waals surface area contributed by atoms with E-state index in [1.54, 1.807) is 26.3 Å². The number of carbonyl (C=O) groups excluding carboxylic acids is 1. The van der Waals surface area contributed by atoms with Gasteiger partial charge in [-0.3, -0.25) is 4.79 Å². The normalized spacial score (nSPS) is 10.6. The minimum atomic E-state index is -1.14. The summed E-state index contributed by atoms with van der Waals surface area (Å²) >= 11 is 0. The number of hydrogen-bond donors (Lipinski definition) is 1. The van der Waals surface area contributed by atoms with Gasteiger partial charge in [-0.2, -0.15) is 0 Å². The Morgan fingerprint density at radius 2 is 2.19 bits per heavy atom. The van der Waals surface area contributed by atoms with Gasteiger partial charge in [0, 0.05) is 31.3 Å². The van der Waals surface area contributed by atoms with Crippen LogP contribution in [-0.2, 0) is 16.1 Å². The zero-order chi connectivity index (χ0) is 12.1. The lowest BCUT2D eigenvalue weighted by Crippen LogP contribution is -2.24. The van der Waals surface area contributed by atoms with Crippen molar-refractivity contribution in [1.82, 2.24) is 4.90 Å². The van der Waals surface area contributed by atoms with E-state index in [0.29, 0.717) is 6.54 Å². The first kappa shape index (κ1) is 12.0. The fourth-order valence-electron chi connectivity index (χ4n) is 1.18. The Kier molecular flexibility index (Phi) is 3.88. The monoisotopic (exact) mass is 223 g/mol. The summed E-state index contributed by atoms with van der Waals surface area (Å²) in [5.74, 6) is -0.744. The minimum Gasteiger partial charge on any atom is -0.478 e. The first-order chi connectivity index (χ1) is 7.50. The Balaban J connectivity index is 2.59. The van der Waals surface area contributed by atoms with Crippen molar-refractivity contribution in [1.29, 1.82) is 0 Å². The molecule has 1 amide bonds. The van der Waals surface area contributed by atoms with Gasteiger partial charge in [0.25, 0.3) is 0 Å². The van der Waals surface area contributed by atoms with Crippen LogP contribution in [-0.4, -0.2) is 28.9 Å². The van der Waals surface area contributed by atoms with Crippen molar-refractivity contribution in [3.8, 4) is 0 Å². The smallest absolute Gasteiger partial charge is 0.328 e. The summed E-state index contributed by atoms with van der Waals surface area (Å²) in [5.41, 5.74) is 0.902. The van der Waals surface area contributed by atoms with Crippen molar-refractivity contribution in [2.75, 3.05) is 7.05 Å². The van der Waals surface area contributed by atoms with Gasteiger partial charge in [-0.15, -0.1) is 0 Å². The van der Waals surface area contributed by atoms with Gasteiger partial charge < -0.3 is 14.4 Å². The maximum absolute atomic E-state index is 11.4. The van der Waals surface area contributed by atoms with E-state index in [2.05, 4.69) is 0 Å². The number of amides is 1. The molecule has 0 spiro atoms. The van der Waals surface area contributed by atoms with Gasteiger partial charge in [-0.05, 0) is 13.0 Å². The highest BCUT2D eigenvalue weighted by atomic mass is 16.4. The third-order valence-electron chi connectivity index (χ3n) is 2.12. The van der Waals surface area contributed by atoms with Crippen LogP contribution in [0.15, 0.2) is 28.9 Å². The zero-order valence-corrected chi connectivity index (χ0v) is 9.14. The number of carboxylic acids is 1. The molecule has 0 bridgehead atoms. The van der Waals surface area contributed by atoms with Crippen LogP contribution in [0.3, 0.4) is 0 Å². The number of furan rings is 1. The second-order valence-corrected chi connectivity index (χ2v) is 3.37. The number of likely N-dealkylation sites (N-methyl/N-ethyl adjacent to an activating group) is 1. The van der Waals surface area contributed by atoms with Gasteiger partial charge in [0.2, 0.25) is 5.91 Å². The quantitative estimate of drug-likeness (QED) is 0.778. The predicted octanol–water partition coefficient (Wildman–Crippen LogP) is 1.19. The van der Waals surface area contributed by atoms with Gasteiger partial charge in [-0.25, -0.2) is 4.79 Å². The van der Waals surface area contributed by atoms with Crippen molar-refractivity contribution in [2.24, 2.45) is 0 Å². The summed E-state index contributed by atoms with van der Waals surface area (Å²) in [6, 6.07) is 1.78. The minimum absolute atomic E-state index is 0.358. The molecule has 0 radical (unpaired) electrons. The molecule has 1 N–H and O–H groups in total. The molecule has 1 rings (SSSR count). The van der Waals surface area contributed by atoms with Crippen LogP contribution in [0.2, 0.25) is 0 Å². The maximum atomic E-state index is 11.4. The molecule has 16 heavy (non-hydrogen) atoms. The van der Waals surface area contributed by atoms with Crippen LogP contribution in [0, 0.1) is 6.92 Å². The Morgan fingerprint density at radius 1 is 1.50 bits per heavy atom. The van der Waals surface area contributed by atoms with Crippen molar-refractivity contribution in [3.63, 3.8) is 0 Å². The standard InChI is InChI=1S/C11H13NO4/c1-8-9(5-6-16-8)7-12(2)10(13)3-4-11(14)15/h3-6H,7H2,1-2H3,(H,14,15)/b4-3+. The van der Waals surface area contributed by atoms with Gasteiger partial charge in [0.05, 0.1) is 6.26 Å². The van der Waals surface area contributed by atoms with Crippen molar-refractivity contribution in [3.05, 3.63) is 35.8 Å². The molecule has 1 aromatic heterocycles. The predicted molar refractivity (Wildman–Crippen MR) is 56.7 cm³/mol. The molecule has 0 aliphatic carbocycles. The maximum Gasteiger partial charge on any atom is 0.328 e. The fraction of sp³-hybridized carbons (Fsp3) is 0.273. The second kappa shape index (κ2) is 5.16. The topological polar surface area (TPSA) is 70.8 Å². The van der Waals surface area contributed by atoms with Crippen LogP contribution in [0.25, 0.3) is 0 Å². The lowest BCUT2D eigenvalue weighted by atomic mass is 10.2. The number of carbonyl (C=O) groups is 2. The largest absolute Gasteiger partial charge is 0.478 e. The molecule has 1 heterocycles. The summed E-state index contributed by atoms with van der Waals surface area (Å²) < 4.78 is 5.09. The molecule has 0 saturated carbocycles. The van der Waals surface area contributed by atoms with Crippen molar-refractivity contribution >= 4 is 11.9 Å². The summed E-state index contributed by atoms with van der Waals surface area (Å²) in [7, 11) is 1.60. The van der Waals surface area contributed by atoms with Crippen molar-refractivity contribution < 1.29 is 19.1 Å². The highest BCUT2D eigenvalue weighted by molar-refractivity contribution is 5.93. The van der Waals surface area contributed by atoms with Gasteiger partial charge in [0.15, 0.2) is 0 Å². The molecule has 0 aromatic carbocycles. The Hall–Kier alpha value is -2.04. The molecule has 5 nitrogen and oxygen atoms in total. The van der Waals surface area contributed by atoms with Crippen LogP contribution < -0.4 is 0 Å². The number of carboxylic acid groups (broad SMARTS) is 1. The molecule has 0 atom stereocenters. The second-order valence-electron chi connectivity index (χ2n) is 3.37. The molecular weight excluding hydrogens is 210 g/mol. The van der Waals surface area contributed by atoms with Crippen LogP contribution in [0.4, 0.5) is 0 Å². The summed E-state index contributed by atoms with van der Waals surface area (Å²) in [5, 5.41) is 8.37. The van der Waals surface area contributed by atoms with E-state index in [4.69, 9.17) is 9.52 Å². The van der Waals surface area contributed by atoms with E-state index >= 15 is 0 Å². The summed E-state index contributed by atoms with van der Waals surface area (Å²) in [6.45, 7) is 2.20. The van der Waals surface area contributed by atoms with Crippen LogP contribution in [0.1, 0.15) is 11.3 Å². The third-order valence-corrected chi connectivity index (χ3v) is 2.12. The van der Waals surface area contributed by atoms with E-state index < -0.39 is 5.97 Å². The van der Waals surface area contributed by atoms with Gasteiger partial charge >= 0.3 is 5.97 Å². The number of aliphatic carboxylic acids is 1. The summed E-state index contributed by atoms with van der Waals surface area (Å²) in [6.07, 6.45) is 3.40. The van der Waals surface area contributed by atoms with E-state index in [1.165, 1.54) is 4.90 Å². The van der Waals surface area contributed by atoms with E-state index in [0.717, 1.165) is 23.5 Å². The van der Waals surface area contributed by atoms with Crippen LogP contribution in [0.5, 0.6) is 0 Å². The first-order valence-corrected chi connectivity index (χ1v) is 4.69. The fourth-order valence-corrected chi connectivity index (χ4v) is 1.18. The molecule has 1 aromatic rings. The highest BCUT2D eigenvalue weighted by Crippen LogP contribution is 2.11. The number of nitrogens with zero attached hydrogens (tertiary/aromatic N) is 1. The number of rotatable bonds is 4.